The Hall–Kier alpha value is -2.00. The molecule has 2 aromatic heterocycles. The summed E-state index contributed by atoms with van der Waals surface area (Å²) in [5.41, 5.74) is 2.88. The zero-order valence-electron chi connectivity index (χ0n) is 11.4. The van der Waals surface area contributed by atoms with E-state index in [-0.39, 0.29) is 0 Å². The summed E-state index contributed by atoms with van der Waals surface area (Å²) in [5, 5.41) is 2.75. The predicted octanol–water partition coefficient (Wildman–Crippen LogP) is 4.22. The second-order valence-corrected chi connectivity index (χ2v) is 5.02. The SMILES string of the molecule is CCc1nc(Cl)c(C)c(-c2cccc3cnccc23)n1. The summed E-state index contributed by atoms with van der Waals surface area (Å²) in [4.78, 5) is 13.1. The summed E-state index contributed by atoms with van der Waals surface area (Å²) in [6.07, 6.45) is 4.42. The molecular formula is C16H14ClN3. The Bertz CT molecular complexity index is 779. The molecule has 3 nitrogen and oxygen atoms in total. The van der Waals surface area contributed by atoms with Crippen LogP contribution < -0.4 is 0 Å². The zero-order valence-corrected chi connectivity index (χ0v) is 12.1. The minimum absolute atomic E-state index is 0.526. The van der Waals surface area contributed by atoms with Crippen LogP contribution >= 0.6 is 11.6 Å². The van der Waals surface area contributed by atoms with Crippen LogP contribution in [0.1, 0.15) is 18.3 Å². The molecule has 0 aliphatic rings. The van der Waals surface area contributed by atoms with Crippen molar-refractivity contribution in [3.05, 3.63) is 53.2 Å². The van der Waals surface area contributed by atoms with Gasteiger partial charge in [0.25, 0.3) is 0 Å². The first-order valence-electron chi connectivity index (χ1n) is 6.57. The van der Waals surface area contributed by atoms with Gasteiger partial charge in [-0.05, 0) is 18.4 Å². The maximum Gasteiger partial charge on any atom is 0.136 e. The van der Waals surface area contributed by atoms with Crippen LogP contribution in [-0.2, 0) is 6.42 Å². The molecule has 0 radical (unpaired) electrons. The van der Waals surface area contributed by atoms with Gasteiger partial charge in [-0.3, -0.25) is 4.98 Å². The van der Waals surface area contributed by atoms with E-state index in [0.717, 1.165) is 39.8 Å². The molecule has 0 aliphatic heterocycles. The number of aromatic nitrogens is 3. The maximum atomic E-state index is 6.24. The van der Waals surface area contributed by atoms with Crippen LogP contribution in [0.4, 0.5) is 0 Å². The van der Waals surface area contributed by atoms with Crippen LogP contribution in [0.15, 0.2) is 36.7 Å². The highest BCUT2D eigenvalue weighted by molar-refractivity contribution is 6.30. The van der Waals surface area contributed by atoms with Crippen LogP contribution in [-0.4, -0.2) is 15.0 Å². The Morgan fingerprint density at radius 1 is 1.15 bits per heavy atom. The fourth-order valence-electron chi connectivity index (χ4n) is 2.28. The van der Waals surface area contributed by atoms with Gasteiger partial charge in [0.15, 0.2) is 0 Å². The van der Waals surface area contributed by atoms with E-state index in [1.807, 2.05) is 38.2 Å². The molecule has 20 heavy (non-hydrogen) atoms. The monoisotopic (exact) mass is 283 g/mol. The second kappa shape index (κ2) is 5.17. The molecule has 0 amide bonds. The summed E-state index contributed by atoms with van der Waals surface area (Å²) in [6.45, 7) is 3.98. The highest BCUT2D eigenvalue weighted by Gasteiger charge is 2.12. The number of halogens is 1. The molecule has 0 spiro atoms. The minimum Gasteiger partial charge on any atom is -0.264 e. The summed E-state index contributed by atoms with van der Waals surface area (Å²) < 4.78 is 0. The van der Waals surface area contributed by atoms with Crippen LogP contribution in [0, 0.1) is 6.92 Å². The van der Waals surface area contributed by atoms with Gasteiger partial charge in [-0.1, -0.05) is 36.7 Å². The Balaban J connectivity index is 2.33. The average Bonchev–Trinajstić information content (AvgIpc) is 2.49. The van der Waals surface area contributed by atoms with Gasteiger partial charge in [0, 0.05) is 35.3 Å². The standard InChI is InChI=1S/C16H14ClN3/c1-3-14-19-15(10(2)16(17)20-14)13-6-4-5-11-9-18-8-7-12(11)13/h4-9H,3H2,1-2H3. The Labute approximate surface area is 122 Å². The fourth-order valence-corrected chi connectivity index (χ4v) is 2.47. The number of pyridine rings is 1. The lowest BCUT2D eigenvalue weighted by atomic mass is 10.0. The number of nitrogens with zero attached hydrogens (tertiary/aromatic N) is 3. The summed E-state index contributed by atoms with van der Waals surface area (Å²) in [6, 6.07) is 8.13. The number of aryl methyl sites for hydroxylation is 1. The van der Waals surface area contributed by atoms with Crippen molar-refractivity contribution in [2.75, 3.05) is 0 Å². The number of hydrogen-bond acceptors (Lipinski definition) is 3. The molecule has 4 heteroatoms. The van der Waals surface area contributed by atoms with Gasteiger partial charge in [-0.2, -0.15) is 0 Å². The molecule has 0 fully saturated rings. The lowest BCUT2D eigenvalue weighted by Crippen LogP contribution is -2.00. The topological polar surface area (TPSA) is 38.7 Å². The molecule has 2 heterocycles. The van der Waals surface area contributed by atoms with Gasteiger partial charge in [0.1, 0.15) is 11.0 Å². The number of benzene rings is 1. The number of fused-ring (bicyclic) bond motifs is 1. The molecule has 0 N–H and O–H groups in total. The molecule has 0 bridgehead atoms. The summed E-state index contributed by atoms with van der Waals surface area (Å²) in [5.74, 6) is 0.765. The smallest absolute Gasteiger partial charge is 0.136 e. The van der Waals surface area contributed by atoms with Crippen molar-refractivity contribution >= 4 is 22.4 Å². The molecule has 0 atom stereocenters. The highest BCUT2D eigenvalue weighted by Crippen LogP contribution is 2.31. The largest absolute Gasteiger partial charge is 0.264 e. The van der Waals surface area contributed by atoms with Crippen LogP contribution in [0.5, 0.6) is 0 Å². The van der Waals surface area contributed by atoms with Crippen molar-refractivity contribution in [3.8, 4) is 11.3 Å². The van der Waals surface area contributed by atoms with E-state index in [1.54, 1.807) is 6.20 Å². The molecule has 0 saturated heterocycles. The third kappa shape index (κ3) is 2.14. The van der Waals surface area contributed by atoms with E-state index >= 15 is 0 Å². The third-order valence-electron chi connectivity index (χ3n) is 3.38. The van der Waals surface area contributed by atoms with E-state index in [2.05, 4.69) is 21.0 Å². The predicted molar refractivity (Wildman–Crippen MR) is 81.9 cm³/mol. The minimum atomic E-state index is 0.526. The van der Waals surface area contributed by atoms with Crippen molar-refractivity contribution in [3.63, 3.8) is 0 Å². The first kappa shape index (κ1) is 13.0. The van der Waals surface area contributed by atoms with E-state index < -0.39 is 0 Å². The first-order chi connectivity index (χ1) is 9.70. The molecule has 0 unspecified atom stereocenters. The van der Waals surface area contributed by atoms with Gasteiger partial charge >= 0.3 is 0 Å². The quantitative estimate of drug-likeness (QED) is 0.661. The van der Waals surface area contributed by atoms with Crippen molar-refractivity contribution in [2.24, 2.45) is 0 Å². The lowest BCUT2D eigenvalue weighted by Gasteiger charge is -2.11. The molecule has 0 saturated carbocycles. The third-order valence-corrected chi connectivity index (χ3v) is 3.75. The van der Waals surface area contributed by atoms with Crippen LogP contribution in [0.2, 0.25) is 5.15 Å². The van der Waals surface area contributed by atoms with Crippen LogP contribution in [0.3, 0.4) is 0 Å². The zero-order chi connectivity index (χ0) is 14.1. The van der Waals surface area contributed by atoms with E-state index in [0.29, 0.717) is 5.15 Å². The second-order valence-electron chi connectivity index (χ2n) is 4.66. The molecule has 100 valence electrons. The van der Waals surface area contributed by atoms with Gasteiger partial charge < -0.3 is 0 Å². The summed E-state index contributed by atoms with van der Waals surface area (Å²) in [7, 11) is 0. The molecular weight excluding hydrogens is 270 g/mol. The summed E-state index contributed by atoms with van der Waals surface area (Å²) >= 11 is 6.24. The lowest BCUT2D eigenvalue weighted by molar-refractivity contribution is 0.934. The highest BCUT2D eigenvalue weighted by atomic mass is 35.5. The van der Waals surface area contributed by atoms with E-state index in [1.165, 1.54) is 0 Å². The van der Waals surface area contributed by atoms with Gasteiger partial charge in [-0.15, -0.1) is 0 Å². The first-order valence-corrected chi connectivity index (χ1v) is 6.94. The Morgan fingerprint density at radius 3 is 2.80 bits per heavy atom. The Morgan fingerprint density at radius 2 is 2.00 bits per heavy atom. The average molecular weight is 284 g/mol. The van der Waals surface area contributed by atoms with Crippen molar-refractivity contribution in [1.29, 1.82) is 0 Å². The maximum absolute atomic E-state index is 6.24. The number of rotatable bonds is 2. The number of hydrogen-bond donors (Lipinski definition) is 0. The van der Waals surface area contributed by atoms with Crippen molar-refractivity contribution in [1.82, 2.24) is 15.0 Å². The van der Waals surface area contributed by atoms with Gasteiger partial charge in [0.05, 0.1) is 5.69 Å². The molecule has 3 aromatic rings. The Kier molecular flexibility index (Phi) is 3.36. The molecule has 0 aliphatic carbocycles. The molecule has 1 aromatic carbocycles. The van der Waals surface area contributed by atoms with E-state index in [4.69, 9.17) is 11.6 Å². The van der Waals surface area contributed by atoms with Crippen molar-refractivity contribution < 1.29 is 0 Å². The van der Waals surface area contributed by atoms with Gasteiger partial charge in [0.2, 0.25) is 0 Å². The fraction of sp³-hybridized carbons (Fsp3) is 0.188. The van der Waals surface area contributed by atoms with Crippen molar-refractivity contribution in [2.45, 2.75) is 20.3 Å². The normalized spacial score (nSPS) is 10.9. The van der Waals surface area contributed by atoms with E-state index in [9.17, 15) is 0 Å². The molecule has 3 rings (SSSR count). The van der Waals surface area contributed by atoms with Crippen LogP contribution in [0.25, 0.3) is 22.0 Å². The van der Waals surface area contributed by atoms with Gasteiger partial charge in [-0.25, -0.2) is 9.97 Å².